The normalized spacial score (nSPS) is 14.8. The highest BCUT2D eigenvalue weighted by molar-refractivity contribution is 5.83. The van der Waals surface area contributed by atoms with Crippen molar-refractivity contribution in [2.24, 2.45) is 0 Å². The third-order valence-corrected chi connectivity index (χ3v) is 4.21. The number of amides is 1. The first-order valence-electron chi connectivity index (χ1n) is 8.36. The summed E-state index contributed by atoms with van der Waals surface area (Å²) in [7, 11) is 0. The van der Waals surface area contributed by atoms with Crippen LogP contribution in [0.1, 0.15) is 29.9 Å². The van der Waals surface area contributed by atoms with Crippen molar-refractivity contribution in [2.45, 2.75) is 32.8 Å². The third-order valence-electron chi connectivity index (χ3n) is 4.21. The molecule has 0 bridgehead atoms. The van der Waals surface area contributed by atoms with E-state index < -0.39 is 12.0 Å². The van der Waals surface area contributed by atoms with Crippen molar-refractivity contribution in [2.75, 3.05) is 19.9 Å². The van der Waals surface area contributed by atoms with Crippen LogP contribution in [0, 0.1) is 13.8 Å². The molecular weight excluding hydrogens is 340 g/mol. The van der Waals surface area contributed by atoms with Gasteiger partial charge in [0.1, 0.15) is 24.2 Å². The first-order valence-corrected chi connectivity index (χ1v) is 8.36. The zero-order chi connectivity index (χ0) is 18.7. The van der Waals surface area contributed by atoms with Gasteiger partial charge in [0.2, 0.25) is 12.7 Å². The van der Waals surface area contributed by atoms with Crippen molar-refractivity contribution in [3.05, 3.63) is 35.2 Å². The van der Waals surface area contributed by atoms with E-state index in [0.29, 0.717) is 28.7 Å². The van der Waals surface area contributed by atoms with Gasteiger partial charge in [-0.25, -0.2) is 0 Å². The Kier molecular flexibility index (Phi) is 5.32. The van der Waals surface area contributed by atoms with Crippen LogP contribution in [-0.2, 0) is 4.79 Å². The molecular formula is C18H22N2O6. The van der Waals surface area contributed by atoms with Crippen LogP contribution in [0.3, 0.4) is 0 Å². The molecule has 0 fully saturated rings. The molecule has 0 radical (unpaired) electrons. The number of nitrogens with zero attached hydrogens (tertiary/aromatic N) is 1. The van der Waals surface area contributed by atoms with Gasteiger partial charge in [0.25, 0.3) is 0 Å². The topological polar surface area (TPSA) is 103 Å². The summed E-state index contributed by atoms with van der Waals surface area (Å²) in [5, 5.41) is 16.6. The van der Waals surface area contributed by atoms with Gasteiger partial charge in [-0.15, -0.1) is 0 Å². The molecule has 0 saturated heterocycles. The van der Waals surface area contributed by atoms with Crippen LogP contribution in [0.5, 0.6) is 17.2 Å². The van der Waals surface area contributed by atoms with E-state index in [4.69, 9.17) is 18.7 Å². The average Bonchev–Trinajstić information content (AvgIpc) is 3.23. The van der Waals surface area contributed by atoms with Gasteiger partial charge in [-0.1, -0.05) is 5.16 Å². The molecule has 2 aromatic rings. The van der Waals surface area contributed by atoms with Crippen molar-refractivity contribution in [3.8, 4) is 17.2 Å². The van der Waals surface area contributed by atoms with Crippen molar-refractivity contribution in [1.29, 1.82) is 0 Å². The van der Waals surface area contributed by atoms with E-state index >= 15 is 0 Å². The second-order valence-electron chi connectivity index (χ2n) is 6.18. The van der Waals surface area contributed by atoms with Crippen LogP contribution in [0.2, 0.25) is 0 Å². The van der Waals surface area contributed by atoms with E-state index in [1.807, 2.05) is 0 Å². The fourth-order valence-electron chi connectivity index (χ4n) is 2.83. The molecule has 1 aromatic heterocycles. The van der Waals surface area contributed by atoms with Crippen molar-refractivity contribution < 1.29 is 28.6 Å². The van der Waals surface area contributed by atoms with E-state index in [2.05, 4.69) is 10.5 Å². The molecule has 2 heterocycles. The molecule has 0 saturated carbocycles. The van der Waals surface area contributed by atoms with Gasteiger partial charge in [-0.3, -0.25) is 4.79 Å². The quantitative estimate of drug-likeness (QED) is 0.772. The SMILES string of the molecule is Cc1noc(C)c1C(C)C(=O)NCC(O)COc1ccc2c(c1)OCO2. The van der Waals surface area contributed by atoms with Crippen LogP contribution in [0.25, 0.3) is 0 Å². The summed E-state index contributed by atoms with van der Waals surface area (Å²) < 4.78 is 21.1. The number of aliphatic hydroxyl groups excluding tert-OH is 1. The fraction of sp³-hybridized carbons (Fsp3) is 0.444. The van der Waals surface area contributed by atoms with Crippen molar-refractivity contribution in [3.63, 3.8) is 0 Å². The smallest absolute Gasteiger partial charge is 0.231 e. The van der Waals surface area contributed by atoms with E-state index in [-0.39, 0.29) is 25.9 Å². The highest BCUT2D eigenvalue weighted by atomic mass is 16.7. The molecule has 2 unspecified atom stereocenters. The van der Waals surface area contributed by atoms with Gasteiger partial charge < -0.3 is 29.2 Å². The molecule has 0 spiro atoms. The van der Waals surface area contributed by atoms with E-state index in [1.54, 1.807) is 39.0 Å². The third kappa shape index (κ3) is 3.91. The lowest BCUT2D eigenvalue weighted by molar-refractivity contribution is -0.122. The summed E-state index contributed by atoms with van der Waals surface area (Å²) in [6.45, 7) is 5.65. The zero-order valence-corrected chi connectivity index (χ0v) is 14.9. The van der Waals surface area contributed by atoms with Gasteiger partial charge >= 0.3 is 0 Å². The predicted molar refractivity (Wildman–Crippen MR) is 91.5 cm³/mol. The number of ether oxygens (including phenoxy) is 3. The van der Waals surface area contributed by atoms with Gasteiger partial charge in [-0.05, 0) is 32.9 Å². The predicted octanol–water partition coefficient (Wildman–Crippen LogP) is 1.68. The number of aliphatic hydroxyl groups is 1. The maximum Gasteiger partial charge on any atom is 0.231 e. The molecule has 8 heteroatoms. The zero-order valence-electron chi connectivity index (χ0n) is 14.9. The fourth-order valence-corrected chi connectivity index (χ4v) is 2.83. The van der Waals surface area contributed by atoms with Crippen LogP contribution >= 0.6 is 0 Å². The monoisotopic (exact) mass is 362 g/mol. The van der Waals surface area contributed by atoms with Gasteiger partial charge in [0.15, 0.2) is 11.5 Å². The second-order valence-corrected chi connectivity index (χ2v) is 6.18. The van der Waals surface area contributed by atoms with Crippen LogP contribution in [-0.4, -0.2) is 42.2 Å². The lowest BCUT2D eigenvalue weighted by atomic mass is 9.99. The van der Waals surface area contributed by atoms with Crippen LogP contribution < -0.4 is 19.5 Å². The minimum absolute atomic E-state index is 0.0413. The van der Waals surface area contributed by atoms with Crippen LogP contribution in [0.15, 0.2) is 22.7 Å². The standard InChI is InChI=1S/C18H22N2O6/c1-10(17-11(2)20-26-12(17)3)18(22)19-7-13(21)8-23-14-4-5-15-16(6-14)25-9-24-15/h4-6,10,13,21H,7-9H2,1-3H3,(H,19,22). The largest absolute Gasteiger partial charge is 0.491 e. The van der Waals surface area contributed by atoms with Crippen molar-refractivity contribution >= 4 is 5.91 Å². The number of carbonyl (C=O) groups excluding carboxylic acids is 1. The number of hydrogen-bond donors (Lipinski definition) is 2. The Morgan fingerprint density at radius 2 is 2.12 bits per heavy atom. The van der Waals surface area contributed by atoms with E-state index in [1.165, 1.54) is 0 Å². The maximum absolute atomic E-state index is 12.3. The maximum atomic E-state index is 12.3. The molecule has 3 rings (SSSR count). The van der Waals surface area contributed by atoms with Gasteiger partial charge in [0.05, 0.1) is 11.6 Å². The Morgan fingerprint density at radius 1 is 1.35 bits per heavy atom. The molecule has 2 N–H and O–H groups in total. The van der Waals surface area contributed by atoms with Gasteiger partial charge in [-0.2, -0.15) is 0 Å². The first-order chi connectivity index (χ1) is 12.5. The van der Waals surface area contributed by atoms with E-state index in [0.717, 1.165) is 5.56 Å². The summed E-state index contributed by atoms with van der Waals surface area (Å²) >= 11 is 0. The van der Waals surface area contributed by atoms with E-state index in [9.17, 15) is 9.90 Å². The Hall–Kier alpha value is -2.74. The van der Waals surface area contributed by atoms with Gasteiger partial charge in [0, 0.05) is 18.2 Å². The Balaban J connectivity index is 1.46. The minimum atomic E-state index is -0.846. The Labute approximate surface area is 151 Å². The summed E-state index contributed by atoms with van der Waals surface area (Å²) in [4.78, 5) is 12.3. The number of rotatable bonds is 7. The molecule has 1 aromatic carbocycles. The number of nitrogens with one attached hydrogen (secondary N) is 1. The first kappa shape index (κ1) is 18.1. The number of aromatic nitrogens is 1. The molecule has 1 aliphatic heterocycles. The lowest BCUT2D eigenvalue weighted by Gasteiger charge is -2.16. The molecule has 8 nitrogen and oxygen atoms in total. The Morgan fingerprint density at radius 3 is 2.85 bits per heavy atom. The number of fused-ring (bicyclic) bond motifs is 1. The second kappa shape index (κ2) is 7.65. The molecule has 0 aliphatic carbocycles. The molecule has 1 aliphatic rings. The highest BCUT2D eigenvalue weighted by Gasteiger charge is 2.23. The average molecular weight is 362 g/mol. The summed E-state index contributed by atoms with van der Waals surface area (Å²) in [6, 6.07) is 5.18. The summed E-state index contributed by atoms with van der Waals surface area (Å²) in [6.07, 6.45) is -0.846. The minimum Gasteiger partial charge on any atom is -0.491 e. The molecule has 1 amide bonds. The molecule has 2 atom stereocenters. The Bertz CT molecular complexity index is 768. The van der Waals surface area contributed by atoms with Crippen LogP contribution in [0.4, 0.5) is 0 Å². The number of hydrogen-bond acceptors (Lipinski definition) is 7. The number of benzene rings is 1. The highest BCUT2D eigenvalue weighted by Crippen LogP contribution is 2.35. The van der Waals surface area contributed by atoms with Crippen molar-refractivity contribution in [1.82, 2.24) is 10.5 Å². The summed E-state index contributed by atoms with van der Waals surface area (Å²) in [5.41, 5.74) is 1.46. The number of carbonyl (C=O) groups is 1. The molecule has 26 heavy (non-hydrogen) atoms. The number of aryl methyl sites for hydroxylation is 2. The molecule has 140 valence electrons. The summed E-state index contributed by atoms with van der Waals surface area (Å²) in [5.74, 6) is 1.84. The lowest BCUT2D eigenvalue weighted by Crippen LogP contribution is -2.37.